The van der Waals surface area contributed by atoms with Gasteiger partial charge in [0.25, 0.3) is 0 Å². The number of hydrogen-bond donors (Lipinski definition) is 1. The van der Waals surface area contributed by atoms with E-state index in [1.807, 2.05) is 59.5 Å². The summed E-state index contributed by atoms with van der Waals surface area (Å²) in [6, 6.07) is 24.8. The first kappa shape index (κ1) is 25.9. The van der Waals surface area contributed by atoms with Crippen molar-refractivity contribution in [3.63, 3.8) is 0 Å². The number of likely N-dealkylation sites (tertiary alicyclic amines) is 1. The Morgan fingerprint density at radius 1 is 0.972 bits per heavy atom. The highest BCUT2D eigenvalue weighted by molar-refractivity contribution is 6.01. The Kier molecular flexibility index (Phi) is 9.12. The molecule has 36 heavy (non-hydrogen) atoms. The molecule has 0 unspecified atom stereocenters. The van der Waals surface area contributed by atoms with E-state index < -0.39 is 0 Å². The number of rotatable bonds is 9. The van der Waals surface area contributed by atoms with Gasteiger partial charge in [-0.3, -0.25) is 4.90 Å². The summed E-state index contributed by atoms with van der Waals surface area (Å²) in [4.78, 5) is 17.6. The van der Waals surface area contributed by atoms with Crippen molar-refractivity contribution in [2.45, 2.75) is 45.4 Å². The lowest BCUT2D eigenvalue weighted by Gasteiger charge is -2.32. The largest absolute Gasteiger partial charge is 0.326 e. The molecule has 0 atom stereocenters. The number of halogens is 1. The Bertz CT molecular complexity index is 1080. The van der Waals surface area contributed by atoms with Gasteiger partial charge >= 0.3 is 6.03 Å². The molecule has 1 aliphatic rings. The van der Waals surface area contributed by atoms with Gasteiger partial charge in [-0.15, -0.1) is 0 Å². The third kappa shape index (κ3) is 7.41. The van der Waals surface area contributed by atoms with E-state index in [1.165, 1.54) is 11.1 Å². The number of nitrogens with zero attached hydrogens (tertiary/aromatic N) is 2. The predicted molar refractivity (Wildman–Crippen MR) is 147 cm³/mol. The fourth-order valence-electron chi connectivity index (χ4n) is 4.92. The molecular weight excluding hydrogens is 449 g/mol. The van der Waals surface area contributed by atoms with Crippen molar-refractivity contribution in [1.82, 2.24) is 4.90 Å². The Balaban J connectivity index is 1.27. The van der Waals surface area contributed by atoms with Crippen LogP contribution >= 0.6 is 0 Å². The molecule has 3 aromatic rings. The minimum Gasteiger partial charge on any atom is -0.308 e. The van der Waals surface area contributed by atoms with Gasteiger partial charge in [0.05, 0.1) is 0 Å². The molecule has 0 spiro atoms. The summed E-state index contributed by atoms with van der Waals surface area (Å²) in [5.41, 5.74) is 4.20. The lowest BCUT2D eigenvalue weighted by Crippen LogP contribution is -2.39. The van der Waals surface area contributed by atoms with Crippen LogP contribution in [0.2, 0.25) is 0 Å². The average molecular weight is 488 g/mol. The van der Waals surface area contributed by atoms with Gasteiger partial charge < -0.3 is 10.2 Å². The van der Waals surface area contributed by atoms with Crippen LogP contribution < -0.4 is 10.2 Å². The summed E-state index contributed by atoms with van der Waals surface area (Å²) >= 11 is 0. The molecule has 1 saturated heterocycles. The number of hydrogen-bond acceptors (Lipinski definition) is 2. The van der Waals surface area contributed by atoms with Crippen molar-refractivity contribution < 1.29 is 9.18 Å². The molecule has 5 heteroatoms. The molecular formula is C31H38FN3O. The van der Waals surface area contributed by atoms with Crippen LogP contribution in [-0.2, 0) is 6.42 Å². The molecule has 0 radical (unpaired) electrons. The molecule has 0 aliphatic carbocycles. The number of anilines is 2. The number of urea groups is 1. The zero-order chi connectivity index (χ0) is 25.3. The predicted octanol–water partition coefficient (Wildman–Crippen LogP) is 7.33. The summed E-state index contributed by atoms with van der Waals surface area (Å²) in [5, 5.41) is 3.08. The molecule has 2 amide bonds. The van der Waals surface area contributed by atoms with Crippen LogP contribution in [0.4, 0.5) is 20.6 Å². The average Bonchev–Trinajstić information content (AvgIpc) is 2.89. The van der Waals surface area contributed by atoms with Crippen molar-refractivity contribution >= 4 is 17.4 Å². The standard InChI is InChI=1S/C31H38FN3O/c1-24(2)27-11-15-29(16-12-27)33-31(36)35(30-7-4-3-5-8-30)20-6-19-34-21-17-26(18-22-34)23-25-9-13-28(32)14-10-25/h3-5,7-16,24,26H,6,17-23H2,1-2H3,(H,33,36). The lowest BCUT2D eigenvalue weighted by atomic mass is 9.90. The first-order valence-electron chi connectivity index (χ1n) is 13.2. The van der Waals surface area contributed by atoms with Crippen LogP contribution in [0.3, 0.4) is 0 Å². The third-order valence-corrected chi connectivity index (χ3v) is 7.14. The first-order chi connectivity index (χ1) is 17.5. The zero-order valence-corrected chi connectivity index (χ0v) is 21.5. The van der Waals surface area contributed by atoms with E-state index in [0.29, 0.717) is 18.4 Å². The molecule has 3 aromatic carbocycles. The summed E-state index contributed by atoms with van der Waals surface area (Å²) in [5.74, 6) is 0.944. The smallest absolute Gasteiger partial charge is 0.308 e. The second-order valence-corrected chi connectivity index (χ2v) is 10.2. The van der Waals surface area contributed by atoms with Gasteiger partial charge in [0.2, 0.25) is 0 Å². The third-order valence-electron chi connectivity index (χ3n) is 7.14. The number of carbonyl (C=O) groups is 1. The molecule has 0 aromatic heterocycles. The van der Waals surface area contributed by atoms with E-state index in [0.717, 1.165) is 56.7 Å². The highest BCUT2D eigenvalue weighted by Crippen LogP contribution is 2.23. The summed E-state index contributed by atoms with van der Waals surface area (Å²) in [6.07, 6.45) is 4.25. The van der Waals surface area contributed by atoms with Crippen molar-refractivity contribution in [3.05, 3.63) is 95.8 Å². The van der Waals surface area contributed by atoms with Crippen molar-refractivity contribution in [2.75, 3.05) is 36.4 Å². The van der Waals surface area contributed by atoms with Crippen LogP contribution in [0.5, 0.6) is 0 Å². The SMILES string of the molecule is CC(C)c1ccc(NC(=O)N(CCCN2CCC(Cc3ccc(F)cc3)CC2)c2ccccc2)cc1. The first-order valence-corrected chi connectivity index (χ1v) is 13.2. The fourth-order valence-corrected chi connectivity index (χ4v) is 4.92. The maximum absolute atomic E-state index is 13.2. The zero-order valence-electron chi connectivity index (χ0n) is 21.5. The molecule has 1 fully saturated rings. The Hall–Kier alpha value is -3.18. The normalized spacial score (nSPS) is 14.7. The van der Waals surface area contributed by atoms with Crippen molar-refractivity contribution in [1.29, 1.82) is 0 Å². The number of nitrogens with one attached hydrogen (secondary N) is 1. The van der Waals surface area contributed by atoms with Gasteiger partial charge in [0, 0.05) is 17.9 Å². The maximum Gasteiger partial charge on any atom is 0.326 e. The second kappa shape index (κ2) is 12.7. The Labute approximate surface area is 215 Å². The monoisotopic (exact) mass is 487 g/mol. The fraction of sp³-hybridized carbons (Fsp3) is 0.387. The van der Waals surface area contributed by atoms with E-state index in [9.17, 15) is 9.18 Å². The van der Waals surface area contributed by atoms with Crippen LogP contribution in [0.15, 0.2) is 78.9 Å². The van der Waals surface area contributed by atoms with Crippen LogP contribution in [0.1, 0.15) is 50.2 Å². The Morgan fingerprint density at radius 3 is 2.28 bits per heavy atom. The highest BCUT2D eigenvalue weighted by atomic mass is 19.1. The molecule has 190 valence electrons. The summed E-state index contributed by atoms with van der Waals surface area (Å²) in [6.45, 7) is 8.12. The van der Waals surface area contributed by atoms with E-state index in [-0.39, 0.29) is 11.8 Å². The number of benzene rings is 3. The lowest BCUT2D eigenvalue weighted by molar-refractivity contribution is 0.183. The van der Waals surface area contributed by atoms with E-state index in [2.05, 4.69) is 36.2 Å². The molecule has 1 aliphatic heterocycles. The number of para-hydroxylation sites is 1. The van der Waals surface area contributed by atoms with E-state index in [4.69, 9.17) is 0 Å². The number of piperidine rings is 1. The van der Waals surface area contributed by atoms with Gasteiger partial charge in [-0.1, -0.05) is 56.3 Å². The van der Waals surface area contributed by atoms with Gasteiger partial charge in [-0.05, 0) is 105 Å². The van der Waals surface area contributed by atoms with Gasteiger partial charge in [0.15, 0.2) is 0 Å². The van der Waals surface area contributed by atoms with E-state index >= 15 is 0 Å². The summed E-state index contributed by atoms with van der Waals surface area (Å²) < 4.78 is 13.2. The minimum absolute atomic E-state index is 0.100. The Morgan fingerprint density at radius 2 is 1.64 bits per heavy atom. The van der Waals surface area contributed by atoms with Gasteiger partial charge in [-0.25, -0.2) is 9.18 Å². The van der Waals surface area contributed by atoms with Gasteiger partial charge in [0.1, 0.15) is 5.82 Å². The van der Waals surface area contributed by atoms with Crippen LogP contribution in [0, 0.1) is 11.7 Å². The number of amides is 2. The molecule has 0 saturated carbocycles. The van der Waals surface area contributed by atoms with Gasteiger partial charge in [-0.2, -0.15) is 0 Å². The van der Waals surface area contributed by atoms with Crippen LogP contribution in [0.25, 0.3) is 0 Å². The highest BCUT2D eigenvalue weighted by Gasteiger charge is 2.21. The van der Waals surface area contributed by atoms with E-state index in [1.54, 1.807) is 12.1 Å². The minimum atomic E-state index is -0.171. The van der Waals surface area contributed by atoms with Crippen LogP contribution in [-0.4, -0.2) is 37.1 Å². The topological polar surface area (TPSA) is 35.6 Å². The molecule has 4 rings (SSSR count). The molecule has 0 bridgehead atoms. The summed E-state index contributed by atoms with van der Waals surface area (Å²) in [7, 11) is 0. The second-order valence-electron chi connectivity index (χ2n) is 10.2. The number of carbonyl (C=O) groups excluding carboxylic acids is 1. The maximum atomic E-state index is 13.2. The molecule has 1 N–H and O–H groups in total. The molecule has 4 nitrogen and oxygen atoms in total. The van der Waals surface area contributed by atoms with Crippen molar-refractivity contribution in [3.8, 4) is 0 Å². The molecule has 1 heterocycles. The van der Waals surface area contributed by atoms with Crippen molar-refractivity contribution in [2.24, 2.45) is 5.92 Å². The quantitative estimate of drug-likeness (QED) is 0.343.